The Bertz CT molecular complexity index is 534. The number of hydrogen-bond acceptors (Lipinski definition) is 4. The minimum atomic E-state index is -4.27. The van der Waals surface area contributed by atoms with E-state index in [1.807, 2.05) is 6.92 Å². The molecule has 1 aromatic carbocycles. The zero-order valence-electron chi connectivity index (χ0n) is 13.8. The molecule has 0 bridgehead atoms. The van der Waals surface area contributed by atoms with Crippen LogP contribution in [0.1, 0.15) is 38.2 Å². The highest BCUT2D eigenvalue weighted by Gasteiger charge is 2.10. The maximum absolute atomic E-state index is 11.1. The van der Waals surface area contributed by atoms with Crippen LogP contribution in [0.5, 0.6) is 0 Å². The average Bonchev–Trinajstić information content (AvgIpc) is 2.38. The summed E-state index contributed by atoms with van der Waals surface area (Å²) >= 11 is 0. The summed E-state index contributed by atoms with van der Waals surface area (Å²) in [5.41, 5.74) is 0.928. The Morgan fingerprint density at radius 1 is 1.14 bits per heavy atom. The zero-order chi connectivity index (χ0) is 17.2. The van der Waals surface area contributed by atoms with Crippen molar-refractivity contribution in [3.63, 3.8) is 0 Å². The Balaban J connectivity index is 0.000000401. The van der Waals surface area contributed by atoms with E-state index >= 15 is 0 Å². The van der Waals surface area contributed by atoms with Gasteiger partial charge in [-0.15, -0.1) is 0 Å². The third kappa shape index (κ3) is 10.8. The van der Waals surface area contributed by atoms with Gasteiger partial charge in [0, 0.05) is 6.42 Å². The minimum absolute atomic E-state index is 0.178. The fourth-order valence-electron chi connectivity index (χ4n) is 1.67. The second-order valence-corrected chi connectivity index (χ2v) is 9.03. The maximum atomic E-state index is 11.1. The lowest BCUT2D eigenvalue weighted by Gasteiger charge is -2.05. The molecule has 0 saturated carbocycles. The molecular formula is C16H26O4S2. The molecule has 126 valence electrons. The van der Waals surface area contributed by atoms with Crippen molar-refractivity contribution in [1.29, 1.82) is 0 Å². The SMILES string of the molecule is CCCCCC(=O)C[S+](C)C.Cc1ccc(S(=O)(=O)[O-])cc1. The summed E-state index contributed by atoms with van der Waals surface area (Å²) in [5, 5.41) is 0. The number of carbonyl (C=O) groups is 1. The molecule has 0 atom stereocenters. The van der Waals surface area contributed by atoms with Crippen molar-refractivity contribution in [3.05, 3.63) is 29.8 Å². The summed E-state index contributed by atoms with van der Waals surface area (Å²) in [6.07, 6.45) is 8.55. The van der Waals surface area contributed by atoms with Gasteiger partial charge in [0.05, 0.1) is 17.4 Å². The normalized spacial score (nSPS) is 11.0. The van der Waals surface area contributed by atoms with Crippen molar-refractivity contribution < 1.29 is 17.8 Å². The van der Waals surface area contributed by atoms with Gasteiger partial charge in [-0.3, -0.25) is 4.79 Å². The van der Waals surface area contributed by atoms with Crippen LogP contribution in [-0.4, -0.2) is 37.0 Å². The topological polar surface area (TPSA) is 74.3 Å². The first kappa shape index (κ1) is 21.1. The van der Waals surface area contributed by atoms with E-state index in [-0.39, 0.29) is 4.90 Å². The van der Waals surface area contributed by atoms with E-state index in [0.29, 0.717) is 16.7 Å². The first-order valence-electron chi connectivity index (χ1n) is 7.25. The molecule has 0 N–H and O–H groups in total. The Morgan fingerprint density at radius 3 is 2.09 bits per heavy atom. The van der Waals surface area contributed by atoms with E-state index in [1.54, 1.807) is 12.1 Å². The van der Waals surface area contributed by atoms with Crippen LogP contribution in [0, 0.1) is 6.92 Å². The number of ketones is 1. The second kappa shape index (κ2) is 10.8. The maximum Gasteiger partial charge on any atom is 0.181 e. The van der Waals surface area contributed by atoms with Crippen LogP contribution in [-0.2, 0) is 25.8 Å². The van der Waals surface area contributed by atoms with E-state index in [4.69, 9.17) is 0 Å². The molecule has 4 nitrogen and oxygen atoms in total. The molecule has 22 heavy (non-hydrogen) atoms. The van der Waals surface area contributed by atoms with Crippen LogP contribution in [0.15, 0.2) is 29.2 Å². The number of Topliss-reactive ketones (excluding diaryl/α,β-unsaturated/α-hetero) is 1. The van der Waals surface area contributed by atoms with Crippen molar-refractivity contribution in [2.45, 2.75) is 44.4 Å². The Kier molecular flexibility index (Phi) is 10.4. The van der Waals surface area contributed by atoms with Crippen LogP contribution in [0.2, 0.25) is 0 Å². The third-order valence-corrected chi connectivity index (χ3v) is 4.57. The van der Waals surface area contributed by atoms with Crippen LogP contribution < -0.4 is 0 Å². The molecule has 0 aromatic heterocycles. The largest absolute Gasteiger partial charge is 0.744 e. The monoisotopic (exact) mass is 346 g/mol. The molecular weight excluding hydrogens is 320 g/mol. The lowest BCUT2D eigenvalue weighted by atomic mass is 10.2. The van der Waals surface area contributed by atoms with E-state index in [2.05, 4.69) is 19.4 Å². The van der Waals surface area contributed by atoms with Gasteiger partial charge in [-0.05, 0) is 36.4 Å². The molecule has 0 unspecified atom stereocenters. The fraction of sp³-hybridized carbons (Fsp3) is 0.562. The van der Waals surface area contributed by atoms with Gasteiger partial charge in [0.2, 0.25) is 0 Å². The first-order chi connectivity index (χ1) is 10.2. The highest BCUT2D eigenvalue weighted by molar-refractivity contribution is 7.96. The summed E-state index contributed by atoms with van der Waals surface area (Å²) < 4.78 is 31.2. The number of hydrogen-bond donors (Lipinski definition) is 0. The molecule has 0 aliphatic rings. The van der Waals surface area contributed by atoms with E-state index in [0.717, 1.165) is 24.2 Å². The molecule has 0 aliphatic heterocycles. The van der Waals surface area contributed by atoms with Gasteiger partial charge < -0.3 is 4.55 Å². The van der Waals surface area contributed by atoms with Gasteiger partial charge in [0.25, 0.3) is 0 Å². The minimum Gasteiger partial charge on any atom is -0.744 e. The summed E-state index contributed by atoms with van der Waals surface area (Å²) in [4.78, 5) is 11.0. The molecule has 0 aliphatic carbocycles. The highest BCUT2D eigenvalue weighted by Crippen LogP contribution is 2.08. The van der Waals surface area contributed by atoms with Crippen molar-refractivity contribution in [1.82, 2.24) is 0 Å². The van der Waals surface area contributed by atoms with Crippen molar-refractivity contribution in [3.8, 4) is 0 Å². The molecule has 0 radical (unpaired) electrons. The van der Waals surface area contributed by atoms with Gasteiger partial charge in [-0.2, -0.15) is 0 Å². The molecule has 0 saturated heterocycles. The molecule has 1 aromatic rings. The van der Waals surface area contributed by atoms with E-state index in [1.165, 1.54) is 25.0 Å². The third-order valence-electron chi connectivity index (χ3n) is 2.82. The van der Waals surface area contributed by atoms with Gasteiger partial charge in [0.1, 0.15) is 10.1 Å². The summed E-state index contributed by atoms with van der Waals surface area (Å²) in [6, 6.07) is 5.78. The number of unbranched alkanes of at least 4 members (excludes halogenated alkanes) is 2. The number of rotatable bonds is 7. The summed E-state index contributed by atoms with van der Waals surface area (Å²) in [7, 11) is -3.97. The Labute approximate surface area is 137 Å². The Hall–Kier alpha value is -0.850. The zero-order valence-corrected chi connectivity index (χ0v) is 15.4. The lowest BCUT2D eigenvalue weighted by Crippen LogP contribution is -2.13. The smallest absolute Gasteiger partial charge is 0.181 e. The number of carbonyl (C=O) groups excluding carboxylic acids is 1. The van der Waals surface area contributed by atoms with E-state index < -0.39 is 10.1 Å². The van der Waals surface area contributed by atoms with Crippen molar-refractivity contribution in [2.24, 2.45) is 0 Å². The van der Waals surface area contributed by atoms with Crippen LogP contribution in [0.3, 0.4) is 0 Å². The van der Waals surface area contributed by atoms with Crippen LogP contribution in [0.25, 0.3) is 0 Å². The predicted octanol–water partition coefficient (Wildman–Crippen LogP) is 2.91. The van der Waals surface area contributed by atoms with Gasteiger partial charge in [-0.25, -0.2) is 8.42 Å². The van der Waals surface area contributed by atoms with Gasteiger partial charge in [0.15, 0.2) is 11.5 Å². The average molecular weight is 347 g/mol. The second-order valence-electron chi connectivity index (χ2n) is 5.39. The Morgan fingerprint density at radius 2 is 1.68 bits per heavy atom. The molecule has 0 spiro atoms. The first-order valence-corrected chi connectivity index (χ1v) is 10.9. The number of benzene rings is 1. The van der Waals surface area contributed by atoms with Crippen molar-refractivity contribution >= 4 is 26.8 Å². The molecule has 0 fully saturated rings. The molecule has 0 amide bonds. The van der Waals surface area contributed by atoms with Crippen LogP contribution in [0.4, 0.5) is 0 Å². The summed E-state index contributed by atoms with van der Waals surface area (Å²) in [5.74, 6) is 1.25. The molecule has 0 heterocycles. The quantitative estimate of drug-likeness (QED) is 0.432. The lowest BCUT2D eigenvalue weighted by molar-refractivity contribution is -0.116. The molecule has 6 heteroatoms. The van der Waals surface area contributed by atoms with Gasteiger partial charge in [-0.1, -0.05) is 37.5 Å². The summed E-state index contributed by atoms with van der Waals surface area (Å²) in [6.45, 7) is 3.98. The van der Waals surface area contributed by atoms with Crippen molar-refractivity contribution in [2.75, 3.05) is 18.3 Å². The predicted molar refractivity (Wildman–Crippen MR) is 92.4 cm³/mol. The van der Waals surface area contributed by atoms with Gasteiger partial charge >= 0.3 is 0 Å². The van der Waals surface area contributed by atoms with Crippen LogP contribution >= 0.6 is 0 Å². The standard InChI is InChI=1S/C9H19OS.C7H8O3S/c1-4-5-6-7-9(10)8-11(2)3;1-6-2-4-7(5-3-6)11(8,9)10/h4-8H2,1-3H3;2-5H,1H3,(H,8,9,10)/q+1;/p-1. The van der Waals surface area contributed by atoms with E-state index in [9.17, 15) is 17.8 Å². The molecule has 1 rings (SSSR count). The highest BCUT2D eigenvalue weighted by atomic mass is 32.2. The number of aryl methyl sites for hydroxylation is 1. The fourth-order valence-corrected chi connectivity index (χ4v) is 2.93.